The topological polar surface area (TPSA) is 59.0 Å². The van der Waals surface area contributed by atoms with Gasteiger partial charge in [0.15, 0.2) is 0 Å². The number of rotatable bonds is 6. The molecule has 0 spiro atoms. The standard InChI is InChI=1S/C15H20N4O.ClH/c1-12-9-11-19(18-12)14-7-4-3-6-13(14)17-15(20)8-5-10-16-2;/h3-4,6-7,9,11,16H,5,8,10H2,1-2H3,(H,17,20);1H. The van der Waals surface area contributed by atoms with Gasteiger partial charge in [0.05, 0.1) is 17.1 Å². The monoisotopic (exact) mass is 308 g/mol. The number of nitrogens with one attached hydrogen (secondary N) is 2. The summed E-state index contributed by atoms with van der Waals surface area (Å²) in [5.74, 6) is 0.0246. The molecular weight excluding hydrogens is 288 g/mol. The molecule has 1 heterocycles. The van der Waals surface area contributed by atoms with Gasteiger partial charge in [-0.25, -0.2) is 4.68 Å². The van der Waals surface area contributed by atoms with Crippen molar-refractivity contribution in [3.8, 4) is 5.69 Å². The Morgan fingerprint density at radius 2 is 2.05 bits per heavy atom. The highest BCUT2D eigenvalue weighted by Crippen LogP contribution is 2.19. The Balaban J connectivity index is 0.00000220. The smallest absolute Gasteiger partial charge is 0.224 e. The number of hydrogen-bond acceptors (Lipinski definition) is 3. The molecule has 0 saturated carbocycles. The minimum Gasteiger partial charge on any atom is -0.324 e. The number of amides is 1. The fraction of sp³-hybridized carbons (Fsp3) is 0.333. The molecule has 6 heteroatoms. The van der Waals surface area contributed by atoms with Crippen molar-refractivity contribution in [2.24, 2.45) is 0 Å². The number of anilines is 1. The minimum absolute atomic E-state index is 0. The van der Waals surface area contributed by atoms with Gasteiger partial charge in [-0.15, -0.1) is 12.4 Å². The maximum Gasteiger partial charge on any atom is 0.224 e. The van der Waals surface area contributed by atoms with Crippen LogP contribution in [-0.4, -0.2) is 29.3 Å². The number of carbonyl (C=O) groups is 1. The van der Waals surface area contributed by atoms with E-state index < -0.39 is 0 Å². The molecule has 21 heavy (non-hydrogen) atoms. The summed E-state index contributed by atoms with van der Waals surface area (Å²) in [6.07, 6.45) is 3.22. The fourth-order valence-corrected chi connectivity index (χ4v) is 1.97. The van der Waals surface area contributed by atoms with E-state index >= 15 is 0 Å². The van der Waals surface area contributed by atoms with E-state index in [0.29, 0.717) is 6.42 Å². The average Bonchev–Trinajstić information content (AvgIpc) is 2.86. The summed E-state index contributed by atoms with van der Waals surface area (Å²) in [6.45, 7) is 2.78. The third kappa shape index (κ3) is 4.88. The molecule has 114 valence electrons. The van der Waals surface area contributed by atoms with Crippen LogP contribution in [0.1, 0.15) is 18.5 Å². The lowest BCUT2D eigenvalue weighted by Gasteiger charge is -2.11. The van der Waals surface area contributed by atoms with Crippen molar-refractivity contribution in [3.63, 3.8) is 0 Å². The average molecular weight is 309 g/mol. The number of aryl methyl sites for hydroxylation is 1. The number of hydrogen-bond donors (Lipinski definition) is 2. The van der Waals surface area contributed by atoms with Gasteiger partial charge in [0.1, 0.15) is 0 Å². The molecule has 2 rings (SSSR count). The van der Waals surface area contributed by atoms with E-state index in [4.69, 9.17) is 0 Å². The van der Waals surface area contributed by atoms with Crippen molar-refractivity contribution in [3.05, 3.63) is 42.2 Å². The van der Waals surface area contributed by atoms with Crippen LogP contribution in [0.4, 0.5) is 5.69 Å². The molecule has 1 aromatic heterocycles. The summed E-state index contributed by atoms with van der Waals surface area (Å²) in [5, 5.41) is 10.4. The van der Waals surface area contributed by atoms with Crippen molar-refractivity contribution >= 4 is 24.0 Å². The van der Waals surface area contributed by atoms with Crippen molar-refractivity contribution in [2.75, 3.05) is 18.9 Å². The molecule has 0 bridgehead atoms. The van der Waals surface area contributed by atoms with E-state index in [1.165, 1.54) is 0 Å². The van der Waals surface area contributed by atoms with Crippen LogP contribution < -0.4 is 10.6 Å². The number of para-hydroxylation sites is 2. The Kier molecular flexibility index (Phi) is 6.91. The summed E-state index contributed by atoms with van der Waals surface area (Å²) in [6, 6.07) is 9.61. The number of carbonyl (C=O) groups excluding carboxylic acids is 1. The Morgan fingerprint density at radius 3 is 2.71 bits per heavy atom. The van der Waals surface area contributed by atoms with E-state index in [1.807, 2.05) is 50.5 Å². The van der Waals surface area contributed by atoms with E-state index in [2.05, 4.69) is 15.7 Å². The molecular formula is C15H21ClN4O. The van der Waals surface area contributed by atoms with Gasteiger partial charge in [-0.2, -0.15) is 5.10 Å². The van der Waals surface area contributed by atoms with Crippen LogP contribution in [0.25, 0.3) is 5.69 Å². The molecule has 0 unspecified atom stereocenters. The largest absolute Gasteiger partial charge is 0.324 e. The second-order valence-corrected chi connectivity index (χ2v) is 4.67. The molecule has 0 aliphatic carbocycles. The lowest BCUT2D eigenvalue weighted by atomic mass is 10.2. The normalized spacial score (nSPS) is 10.0. The first-order chi connectivity index (χ1) is 9.70. The highest BCUT2D eigenvalue weighted by atomic mass is 35.5. The van der Waals surface area contributed by atoms with Gasteiger partial charge in [0, 0.05) is 12.6 Å². The minimum atomic E-state index is 0. The predicted octanol–water partition coefficient (Wildman–Crippen LogP) is 2.54. The van der Waals surface area contributed by atoms with Crippen LogP contribution in [-0.2, 0) is 4.79 Å². The van der Waals surface area contributed by atoms with E-state index in [0.717, 1.165) is 30.0 Å². The summed E-state index contributed by atoms with van der Waals surface area (Å²) < 4.78 is 1.78. The molecule has 1 amide bonds. The van der Waals surface area contributed by atoms with E-state index in [9.17, 15) is 4.79 Å². The first-order valence-electron chi connectivity index (χ1n) is 6.77. The number of halogens is 1. The molecule has 0 fully saturated rings. The number of nitrogens with zero attached hydrogens (tertiary/aromatic N) is 2. The summed E-state index contributed by atoms with van der Waals surface area (Å²) in [7, 11) is 1.88. The summed E-state index contributed by atoms with van der Waals surface area (Å²) >= 11 is 0. The molecule has 0 radical (unpaired) electrons. The molecule has 0 saturated heterocycles. The first-order valence-corrected chi connectivity index (χ1v) is 6.77. The van der Waals surface area contributed by atoms with Crippen LogP contribution in [0, 0.1) is 6.92 Å². The summed E-state index contributed by atoms with van der Waals surface area (Å²) in [5.41, 5.74) is 2.60. The zero-order chi connectivity index (χ0) is 14.4. The molecule has 0 aliphatic rings. The zero-order valence-electron chi connectivity index (χ0n) is 12.3. The van der Waals surface area contributed by atoms with E-state index in [-0.39, 0.29) is 18.3 Å². The van der Waals surface area contributed by atoms with Crippen LogP contribution in [0.2, 0.25) is 0 Å². The number of aromatic nitrogens is 2. The van der Waals surface area contributed by atoms with Gasteiger partial charge in [-0.3, -0.25) is 4.79 Å². The van der Waals surface area contributed by atoms with Gasteiger partial charge < -0.3 is 10.6 Å². The lowest BCUT2D eigenvalue weighted by Crippen LogP contribution is -2.16. The van der Waals surface area contributed by atoms with Crippen LogP contribution in [0.15, 0.2) is 36.5 Å². The highest BCUT2D eigenvalue weighted by molar-refractivity contribution is 5.92. The number of benzene rings is 1. The Labute approximate surface area is 131 Å². The predicted molar refractivity (Wildman–Crippen MR) is 87.3 cm³/mol. The Morgan fingerprint density at radius 1 is 1.29 bits per heavy atom. The molecule has 0 atom stereocenters. The first kappa shape index (κ1) is 17.2. The Bertz CT molecular complexity index is 583. The zero-order valence-corrected chi connectivity index (χ0v) is 13.1. The fourth-order valence-electron chi connectivity index (χ4n) is 1.97. The summed E-state index contributed by atoms with van der Waals surface area (Å²) in [4.78, 5) is 11.9. The van der Waals surface area contributed by atoms with Crippen molar-refractivity contribution in [2.45, 2.75) is 19.8 Å². The van der Waals surface area contributed by atoms with Gasteiger partial charge in [0.25, 0.3) is 0 Å². The molecule has 1 aromatic carbocycles. The third-order valence-corrected chi connectivity index (χ3v) is 2.98. The van der Waals surface area contributed by atoms with Crippen LogP contribution in [0.5, 0.6) is 0 Å². The lowest BCUT2D eigenvalue weighted by molar-refractivity contribution is -0.116. The molecule has 0 aliphatic heterocycles. The van der Waals surface area contributed by atoms with Gasteiger partial charge in [-0.05, 0) is 45.1 Å². The Hall–Kier alpha value is -1.85. The second-order valence-electron chi connectivity index (χ2n) is 4.67. The van der Waals surface area contributed by atoms with E-state index in [1.54, 1.807) is 4.68 Å². The second kappa shape index (κ2) is 8.44. The maximum absolute atomic E-state index is 11.9. The highest BCUT2D eigenvalue weighted by Gasteiger charge is 2.08. The quantitative estimate of drug-likeness (QED) is 0.806. The third-order valence-electron chi connectivity index (χ3n) is 2.98. The maximum atomic E-state index is 11.9. The van der Waals surface area contributed by atoms with Crippen LogP contribution in [0.3, 0.4) is 0 Å². The molecule has 2 N–H and O–H groups in total. The van der Waals surface area contributed by atoms with Gasteiger partial charge in [-0.1, -0.05) is 12.1 Å². The van der Waals surface area contributed by atoms with Crippen molar-refractivity contribution in [1.29, 1.82) is 0 Å². The molecule has 5 nitrogen and oxygen atoms in total. The van der Waals surface area contributed by atoms with Crippen molar-refractivity contribution < 1.29 is 4.79 Å². The van der Waals surface area contributed by atoms with Gasteiger partial charge >= 0.3 is 0 Å². The molecule has 2 aromatic rings. The van der Waals surface area contributed by atoms with Gasteiger partial charge in [0.2, 0.25) is 5.91 Å². The van der Waals surface area contributed by atoms with Crippen molar-refractivity contribution in [1.82, 2.24) is 15.1 Å². The van der Waals surface area contributed by atoms with Crippen LogP contribution >= 0.6 is 12.4 Å². The SMILES string of the molecule is CNCCCC(=O)Nc1ccccc1-n1ccc(C)n1.Cl.